The maximum Gasteiger partial charge on any atom is 0.186 e. The van der Waals surface area contributed by atoms with Gasteiger partial charge in [-0.2, -0.15) is 0 Å². The molecule has 20 atom stereocenters. The van der Waals surface area contributed by atoms with Crippen molar-refractivity contribution in [2.75, 3.05) is 6.54 Å². The quantitative estimate of drug-likeness (QED) is 0.124. The van der Waals surface area contributed by atoms with Crippen LogP contribution in [0.2, 0.25) is 0 Å². The molecule has 13 heteroatoms. The molecule has 13 nitrogen and oxygen atoms in total. The van der Waals surface area contributed by atoms with Gasteiger partial charge in [0, 0.05) is 54.7 Å². The van der Waals surface area contributed by atoms with Gasteiger partial charge in [0.2, 0.25) is 0 Å². The van der Waals surface area contributed by atoms with Crippen molar-refractivity contribution in [2.24, 2.45) is 57.5 Å². The summed E-state index contributed by atoms with van der Waals surface area (Å²) in [6, 6.07) is 0. The van der Waals surface area contributed by atoms with Crippen LogP contribution in [-0.4, -0.2) is 118 Å². The summed E-state index contributed by atoms with van der Waals surface area (Å²) in [6.45, 7) is 5.45. The Balaban J connectivity index is 1.16. The summed E-state index contributed by atoms with van der Waals surface area (Å²) in [7, 11) is 0. The van der Waals surface area contributed by atoms with Crippen molar-refractivity contribution < 1.29 is 50.4 Å². The van der Waals surface area contributed by atoms with Crippen LogP contribution >= 0.6 is 0 Å². The van der Waals surface area contributed by atoms with Crippen LogP contribution in [0.15, 0.2) is 47.3 Å². The molecule has 9 aliphatic carbocycles. The highest BCUT2D eigenvalue weighted by Gasteiger charge is 2.81. The third-order valence-electron chi connectivity index (χ3n) is 19.8. The van der Waals surface area contributed by atoms with Gasteiger partial charge in [-0.25, -0.2) is 0 Å². The Hall–Kier alpha value is -2.61. The number of rotatable bonds is 8. The summed E-state index contributed by atoms with van der Waals surface area (Å²) >= 11 is 0. The van der Waals surface area contributed by atoms with Gasteiger partial charge in [-0.1, -0.05) is 44.4 Å². The number of hydrogen-bond donors (Lipinski definition) is 11. The number of nitrogens with two attached hydrogens (primary N) is 1. The molecule has 358 valence electrons. The molecule has 3 spiro atoms. The molecule has 65 heavy (non-hydrogen) atoms. The number of ether oxygens (including phenoxy) is 1. The van der Waals surface area contributed by atoms with E-state index in [4.69, 9.17) is 10.5 Å². The van der Waals surface area contributed by atoms with Gasteiger partial charge in [0.1, 0.15) is 5.60 Å². The lowest BCUT2D eigenvalue weighted by atomic mass is 9.35. The first-order valence-electron chi connectivity index (χ1n) is 25.2. The molecule has 0 radical (unpaired) electrons. The number of aliphatic hydroxyl groups is 8. The molecule has 0 amide bonds. The minimum Gasteiger partial charge on any atom is -0.393 e. The van der Waals surface area contributed by atoms with Crippen molar-refractivity contribution in [3.8, 4) is 11.8 Å². The second-order valence-corrected chi connectivity index (χ2v) is 23.1. The maximum atomic E-state index is 16.0. The molecule has 0 aromatic heterocycles. The number of carbonyl (C=O) groups is 1. The first-order chi connectivity index (χ1) is 30.8. The summed E-state index contributed by atoms with van der Waals surface area (Å²) in [5.41, 5.74) is -4.12. The Bertz CT molecular complexity index is 2110. The molecule has 11 rings (SSSR count). The fourth-order valence-electron chi connectivity index (χ4n) is 17.0. The van der Waals surface area contributed by atoms with E-state index in [1.54, 1.807) is 13.8 Å². The number of nitrogens with one attached hydrogen (secondary N) is 2. The van der Waals surface area contributed by atoms with Crippen molar-refractivity contribution in [3.63, 3.8) is 0 Å². The average molecular weight is 902 g/mol. The van der Waals surface area contributed by atoms with Crippen LogP contribution in [0.4, 0.5) is 0 Å². The molecule has 20 unspecified atom stereocenters. The number of ketones is 1. The molecule has 12 N–H and O–H groups in total. The van der Waals surface area contributed by atoms with Crippen molar-refractivity contribution in [1.29, 1.82) is 0 Å². The molecule has 6 bridgehead atoms. The number of dihydropyridines is 1. The Kier molecular flexibility index (Phi) is 11.3. The highest BCUT2D eigenvalue weighted by molar-refractivity contribution is 6.03. The van der Waals surface area contributed by atoms with Crippen molar-refractivity contribution in [2.45, 2.75) is 195 Å². The van der Waals surface area contributed by atoms with Crippen molar-refractivity contribution in [1.82, 2.24) is 10.6 Å². The molecule has 2 heterocycles. The standard InChI is InChI=1S/C52H75N3O10/c1-4-8-30-10-13-33-37(14-11-30)65-45-40(33)34(57)9-7-20-52(45,64)46(3,61)38-17-22-51(63)41-42(55-26-29(2)56)44(60)47-18-5-6-19-48(38,51)28-50(62)21-16-31(32-12-15-39(53)54-27-32)23-49(47,43(41)50)25-36(59)35(58)24-47/h12,15-16,21,27,29-31,33-40,43,45,54-59,61-64H,4,7-11,13-14,17-20,22-26,28,53H2,1-3H3. The van der Waals surface area contributed by atoms with Gasteiger partial charge in [0.15, 0.2) is 5.78 Å². The largest absolute Gasteiger partial charge is 0.393 e. The Morgan fingerprint density at radius 2 is 1.72 bits per heavy atom. The Morgan fingerprint density at radius 1 is 0.969 bits per heavy atom. The van der Waals surface area contributed by atoms with Gasteiger partial charge >= 0.3 is 0 Å². The van der Waals surface area contributed by atoms with Gasteiger partial charge in [-0.15, -0.1) is 11.8 Å². The van der Waals surface area contributed by atoms with E-state index in [-0.39, 0.29) is 93.8 Å². The number of allylic oxidation sites excluding steroid dienone is 4. The number of Topliss-reactive ketones (excluding diaryl/α,β-unsaturated/α-hetero) is 1. The van der Waals surface area contributed by atoms with Crippen LogP contribution in [0, 0.1) is 63.6 Å². The number of fused-ring (bicyclic) bond motifs is 6. The normalized spacial score (nSPS) is 51.1. The number of aliphatic hydroxyl groups excluding tert-OH is 4. The van der Waals surface area contributed by atoms with E-state index in [0.717, 1.165) is 44.1 Å². The molecule has 0 aromatic carbocycles. The molecule has 5 saturated carbocycles. The van der Waals surface area contributed by atoms with Gasteiger partial charge < -0.3 is 62.0 Å². The molecule has 0 aromatic rings. The van der Waals surface area contributed by atoms with Crippen molar-refractivity contribution >= 4 is 5.78 Å². The SMILES string of the molecule is CCCC1CCC2OC3C(C(O)CCCC3(O)C(C)(O)C3CCC4(O)C5=C(NCC(C)O)C(=O)C67CC#CCC34CC3(O)C=CC(C4=CNC(N)C=C4)CC6(CC(O)C(O)C7)C53)C2CC1. The Labute approximate surface area is 384 Å². The second kappa shape index (κ2) is 16.0. The second-order valence-electron chi connectivity index (χ2n) is 23.1. The molecule has 1 saturated heterocycles. The summed E-state index contributed by atoms with van der Waals surface area (Å²) in [5, 5.41) is 108. The third-order valence-corrected chi connectivity index (χ3v) is 19.8. The molecular formula is C52H75N3O10. The fourth-order valence-corrected chi connectivity index (χ4v) is 17.0. The smallest absolute Gasteiger partial charge is 0.186 e. The monoisotopic (exact) mass is 902 g/mol. The summed E-state index contributed by atoms with van der Waals surface area (Å²) in [4.78, 5) is 16.0. The lowest BCUT2D eigenvalue weighted by molar-refractivity contribution is -0.268. The van der Waals surface area contributed by atoms with E-state index in [1.807, 2.05) is 30.5 Å². The average Bonchev–Trinajstić information content (AvgIpc) is 3.60. The van der Waals surface area contributed by atoms with E-state index in [1.165, 1.54) is 0 Å². The summed E-state index contributed by atoms with van der Waals surface area (Å²) in [5.74, 6) is 4.41. The number of hydrogen-bond acceptors (Lipinski definition) is 13. The van der Waals surface area contributed by atoms with Gasteiger partial charge in [-0.05, 0) is 125 Å². The summed E-state index contributed by atoms with van der Waals surface area (Å²) in [6.07, 6.45) is 11.4. The maximum absolute atomic E-state index is 16.0. The summed E-state index contributed by atoms with van der Waals surface area (Å²) < 4.78 is 7.02. The van der Waals surface area contributed by atoms with Gasteiger partial charge in [-0.3, -0.25) is 4.79 Å². The lowest BCUT2D eigenvalue weighted by Gasteiger charge is -2.70. The predicted molar refractivity (Wildman–Crippen MR) is 242 cm³/mol. The van der Waals surface area contributed by atoms with Crippen LogP contribution in [0.5, 0.6) is 0 Å². The highest BCUT2D eigenvalue weighted by atomic mass is 16.5. The molecule has 2 aliphatic heterocycles. The van der Waals surface area contributed by atoms with Gasteiger partial charge in [0.05, 0.1) is 70.7 Å². The van der Waals surface area contributed by atoms with Crippen LogP contribution in [0.25, 0.3) is 0 Å². The van der Waals surface area contributed by atoms with Crippen molar-refractivity contribution in [3.05, 3.63) is 47.3 Å². The molecule has 11 aliphatic rings. The van der Waals surface area contributed by atoms with E-state index in [0.29, 0.717) is 24.3 Å². The van der Waals surface area contributed by atoms with E-state index in [9.17, 15) is 40.9 Å². The van der Waals surface area contributed by atoms with Crippen LogP contribution in [0.3, 0.4) is 0 Å². The van der Waals surface area contributed by atoms with E-state index >= 15 is 4.79 Å². The zero-order valence-electron chi connectivity index (χ0n) is 38.6. The van der Waals surface area contributed by atoms with Crippen LogP contribution < -0.4 is 16.4 Å². The van der Waals surface area contributed by atoms with Gasteiger partial charge in [0.25, 0.3) is 0 Å². The number of carbonyl (C=O) groups excluding carboxylic acids is 1. The lowest BCUT2D eigenvalue weighted by Crippen LogP contribution is -2.75. The van der Waals surface area contributed by atoms with E-state index < -0.39 is 93.1 Å². The minimum atomic E-state index is -1.95. The highest BCUT2D eigenvalue weighted by Crippen LogP contribution is 2.78. The fraction of sp³-hybridized carbons (Fsp3) is 0.788. The predicted octanol–water partition coefficient (Wildman–Crippen LogP) is 2.88. The van der Waals surface area contributed by atoms with Crippen LogP contribution in [0.1, 0.15) is 130 Å². The third kappa shape index (κ3) is 6.44. The zero-order chi connectivity index (χ0) is 46.1. The minimum absolute atomic E-state index is 0.0109. The first-order valence-corrected chi connectivity index (χ1v) is 25.2. The molecular weight excluding hydrogens is 827 g/mol. The Morgan fingerprint density at radius 3 is 2.46 bits per heavy atom. The topological polar surface area (TPSA) is 238 Å². The molecule has 6 fully saturated rings. The van der Waals surface area contributed by atoms with Crippen LogP contribution in [-0.2, 0) is 9.53 Å². The van der Waals surface area contributed by atoms with E-state index in [2.05, 4.69) is 29.4 Å². The first kappa shape index (κ1) is 46.1. The zero-order valence-corrected chi connectivity index (χ0v) is 38.6.